The molecule has 1 heterocycles. The third-order valence-electron chi connectivity index (χ3n) is 7.85. The first-order valence-corrected chi connectivity index (χ1v) is 15.6. The number of aromatic nitrogens is 1. The highest BCUT2D eigenvalue weighted by atomic mass is 16.5. The molecule has 2 amide bonds. The first-order valence-electron chi connectivity index (χ1n) is 15.6. The van der Waals surface area contributed by atoms with Crippen LogP contribution < -0.4 is 26.2 Å². The second kappa shape index (κ2) is 15.1. The number of ether oxygens (including phenoxy) is 1. The Morgan fingerprint density at radius 1 is 0.723 bits per heavy atom. The highest BCUT2D eigenvalue weighted by Crippen LogP contribution is 2.30. The summed E-state index contributed by atoms with van der Waals surface area (Å²) >= 11 is 0. The van der Waals surface area contributed by atoms with Crippen molar-refractivity contribution in [2.75, 3.05) is 23.7 Å². The van der Waals surface area contributed by atoms with Gasteiger partial charge in [-0.2, -0.15) is 0 Å². The predicted molar refractivity (Wildman–Crippen MR) is 188 cm³/mol. The van der Waals surface area contributed by atoms with Crippen molar-refractivity contribution in [2.45, 2.75) is 19.1 Å². The number of pyridine rings is 1. The maximum Gasteiger partial charge on any atom is 0.323 e. The summed E-state index contributed by atoms with van der Waals surface area (Å²) in [5, 5.41) is 20.9. The largest absolute Gasteiger partial charge is 0.487 e. The Labute approximate surface area is 273 Å². The van der Waals surface area contributed by atoms with E-state index in [9.17, 15) is 14.7 Å². The Morgan fingerprint density at radius 3 is 2.21 bits per heavy atom. The fourth-order valence-electron chi connectivity index (χ4n) is 5.45. The van der Waals surface area contributed by atoms with Crippen molar-refractivity contribution >= 4 is 28.3 Å². The van der Waals surface area contributed by atoms with Crippen molar-refractivity contribution in [3.63, 3.8) is 0 Å². The van der Waals surface area contributed by atoms with Crippen LogP contribution in [-0.2, 0) is 13.0 Å². The summed E-state index contributed by atoms with van der Waals surface area (Å²) in [4.78, 5) is 27.7. The molecule has 0 bridgehead atoms. The van der Waals surface area contributed by atoms with Crippen molar-refractivity contribution in [3.8, 4) is 16.9 Å². The van der Waals surface area contributed by atoms with E-state index in [1.54, 1.807) is 12.1 Å². The number of aliphatic hydroxyl groups is 1. The molecule has 0 spiro atoms. The molecule has 1 atom stereocenters. The molecule has 0 radical (unpaired) electrons. The molecule has 0 fully saturated rings. The molecule has 5 aromatic carbocycles. The van der Waals surface area contributed by atoms with Gasteiger partial charge in [0.1, 0.15) is 12.4 Å². The molecule has 8 heteroatoms. The standard InChI is InChI=1S/C39H36N4O4/c44-35(33-18-20-36(38-34(33)19-21-37(45)43-38)47-26-28-8-3-1-4-9-28)25-40-23-22-27-10-7-13-32(24-27)42-39(46)41-31-16-14-30(15-17-31)29-11-5-2-6-12-29/h1-21,24,35,40,44H,22-23,25-26H2,(H,43,45)(H2,41,42,46). The van der Waals surface area contributed by atoms with Crippen LogP contribution in [0.25, 0.3) is 22.0 Å². The summed E-state index contributed by atoms with van der Waals surface area (Å²) in [5.74, 6) is 0.550. The first-order chi connectivity index (χ1) is 23.0. The molecule has 0 aliphatic carbocycles. The summed E-state index contributed by atoms with van der Waals surface area (Å²) in [6, 6.07) is 41.8. The van der Waals surface area contributed by atoms with Crippen molar-refractivity contribution in [3.05, 3.63) is 161 Å². The molecule has 1 aromatic heterocycles. The average Bonchev–Trinajstić information content (AvgIpc) is 3.10. The molecule has 0 aliphatic heterocycles. The number of hydrogen-bond donors (Lipinski definition) is 5. The lowest BCUT2D eigenvalue weighted by molar-refractivity contribution is 0.176. The van der Waals surface area contributed by atoms with Gasteiger partial charge in [0.15, 0.2) is 0 Å². The van der Waals surface area contributed by atoms with E-state index in [1.165, 1.54) is 6.07 Å². The molecular formula is C39H36N4O4. The van der Waals surface area contributed by atoms with Crippen LogP contribution in [0.1, 0.15) is 22.8 Å². The van der Waals surface area contributed by atoms with Crippen molar-refractivity contribution < 1.29 is 14.6 Å². The molecule has 8 nitrogen and oxygen atoms in total. The van der Waals surface area contributed by atoms with Gasteiger partial charge in [0, 0.05) is 29.4 Å². The highest BCUT2D eigenvalue weighted by molar-refractivity contribution is 6.00. The van der Waals surface area contributed by atoms with Crippen molar-refractivity contribution in [1.29, 1.82) is 0 Å². The Balaban J connectivity index is 1.00. The maximum absolute atomic E-state index is 12.7. The molecule has 47 heavy (non-hydrogen) atoms. The average molecular weight is 625 g/mol. The lowest BCUT2D eigenvalue weighted by Crippen LogP contribution is -2.24. The van der Waals surface area contributed by atoms with Gasteiger partial charge in [-0.05, 0) is 77.2 Å². The molecule has 6 aromatic rings. The quantitative estimate of drug-likeness (QED) is 0.0918. The second-order valence-electron chi connectivity index (χ2n) is 11.2. The van der Waals surface area contributed by atoms with Gasteiger partial charge in [0.25, 0.3) is 0 Å². The van der Waals surface area contributed by atoms with E-state index < -0.39 is 6.10 Å². The zero-order valence-electron chi connectivity index (χ0n) is 25.8. The number of aliphatic hydroxyl groups excluding tert-OH is 1. The molecule has 6 rings (SSSR count). The third-order valence-corrected chi connectivity index (χ3v) is 7.85. The van der Waals surface area contributed by atoms with Crippen molar-refractivity contribution in [1.82, 2.24) is 10.3 Å². The summed E-state index contributed by atoms with van der Waals surface area (Å²) in [6.07, 6.45) is -0.101. The summed E-state index contributed by atoms with van der Waals surface area (Å²) in [7, 11) is 0. The Hall–Kier alpha value is -5.70. The van der Waals surface area contributed by atoms with Gasteiger partial charge in [0.05, 0.1) is 11.6 Å². The van der Waals surface area contributed by atoms with Gasteiger partial charge < -0.3 is 30.8 Å². The summed E-state index contributed by atoms with van der Waals surface area (Å²) in [5.41, 5.74) is 6.67. The number of aromatic amines is 1. The zero-order valence-corrected chi connectivity index (χ0v) is 25.8. The van der Waals surface area contributed by atoms with Crippen LogP contribution in [0.5, 0.6) is 5.75 Å². The van der Waals surface area contributed by atoms with Crippen LogP contribution in [0.4, 0.5) is 16.2 Å². The minimum atomic E-state index is -0.801. The van der Waals surface area contributed by atoms with Crippen LogP contribution in [0, 0.1) is 0 Å². The number of anilines is 2. The van der Waals surface area contributed by atoms with Crippen LogP contribution in [0.15, 0.2) is 138 Å². The van der Waals surface area contributed by atoms with Crippen LogP contribution in [0.3, 0.4) is 0 Å². The number of rotatable bonds is 12. The number of H-pyrrole nitrogens is 1. The molecule has 5 N–H and O–H groups in total. The fraction of sp³-hybridized carbons (Fsp3) is 0.128. The Morgan fingerprint density at radius 2 is 1.43 bits per heavy atom. The fourth-order valence-corrected chi connectivity index (χ4v) is 5.45. The number of carbonyl (C=O) groups excluding carboxylic acids is 1. The van der Waals surface area contributed by atoms with Crippen LogP contribution in [0.2, 0.25) is 0 Å². The van der Waals surface area contributed by atoms with Crippen LogP contribution in [-0.4, -0.2) is 29.2 Å². The topological polar surface area (TPSA) is 115 Å². The number of carbonyl (C=O) groups is 1. The first kappa shape index (κ1) is 31.3. The normalized spacial score (nSPS) is 11.6. The number of urea groups is 1. The molecule has 0 aliphatic rings. The van der Waals surface area contributed by atoms with Gasteiger partial charge in [-0.1, -0.05) is 91.0 Å². The second-order valence-corrected chi connectivity index (χ2v) is 11.2. The smallest absolute Gasteiger partial charge is 0.323 e. The van der Waals surface area contributed by atoms with E-state index in [0.29, 0.717) is 54.3 Å². The monoisotopic (exact) mass is 624 g/mol. The van der Waals surface area contributed by atoms with E-state index in [1.807, 2.05) is 115 Å². The van der Waals surface area contributed by atoms with Gasteiger partial charge in [0.2, 0.25) is 5.56 Å². The van der Waals surface area contributed by atoms with E-state index in [0.717, 1.165) is 27.6 Å². The van der Waals surface area contributed by atoms with E-state index >= 15 is 0 Å². The summed E-state index contributed by atoms with van der Waals surface area (Å²) < 4.78 is 6.03. The van der Waals surface area contributed by atoms with E-state index in [-0.39, 0.29) is 11.6 Å². The van der Waals surface area contributed by atoms with Gasteiger partial charge in [-0.3, -0.25) is 4.79 Å². The zero-order chi connectivity index (χ0) is 32.4. The van der Waals surface area contributed by atoms with Crippen LogP contribution >= 0.6 is 0 Å². The number of nitrogens with one attached hydrogen (secondary N) is 4. The molecular weight excluding hydrogens is 588 g/mol. The predicted octanol–water partition coefficient (Wildman–Crippen LogP) is 7.28. The van der Waals surface area contributed by atoms with E-state index in [4.69, 9.17) is 4.74 Å². The maximum atomic E-state index is 12.7. The Kier molecular flexibility index (Phi) is 10.0. The number of benzene rings is 5. The molecule has 0 saturated heterocycles. The van der Waals surface area contributed by atoms with Gasteiger partial charge >= 0.3 is 6.03 Å². The lowest BCUT2D eigenvalue weighted by atomic mass is 10.0. The lowest BCUT2D eigenvalue weighted by Gasteiger charge is -2.17. The van der Waals surface area contributed by atoms with Gasteiger partial charge in [-0.25, -0.2) is 4.79 Å². The van der Waals surface area contributed by atoms with Gasteiger partial charge in [-0.15, -0.1) is 0 Å². The molecule has 236 valence electrons. The molecule has 1 unspecified atom stereocenters. The number of fused-ring (bicyclic) bond motifs is 1. The minimum absolute atomic E-state index is 0.237. The number of hydrogen-bond acceptors (Lipinski definition) is 5. The molecule has 0 saturated carbocycles. The van der Waals surface area contributed by atoms with Crippen molar-refractivity contribution in [2.24, 2.45) is 0 Å². The SMILES string of the molecule is O=C(Nc1ccc(-c2ccccc2)cc1)Nc1cccc(CCNCC(O)c2ccc(OCc3ccccc3)c3[nH]c(=O)ccc23)c1. The number of amides is 2. The minimum Gasteiger partial charge on any atom is -0.487 e. The highest BCUT2D eigenvalue weighted by Gasteiger charge is 2.15. The summed E-state index contributed by atoms with van der Waals surface area (Å²) in [6.45, 7) is 1.30. The Bertz CT molecular complexity index is 1990. The van der Waals surface area contributed by atoms with E-state index in [2.05, 4.69) is 20.9 Å². The third kappa shape index (κ3) is 8.32.